The molecule has 90 valence electrons. The van der Waals surface area contributed by atoms with Gasteiger partial charge in [-0.3, -0.25) is 4.79 Å². The van der Waals surface area contributed by atoms with Crippen LogP contribution in [0.15, 0.2) is 12.1 Å². The van der Waals surface area contributed by atoms with Crippen LogP contribution in [0, 0.1) is 6.92 Å². The molecule has 0 aliphatic carbocycles. The lowest BCUT2D eigenvalue weighted by Crippen LogP contribution is -2.04. The number of carbonyl (C=O) groups excluding carboxylic acids is 1. The first kappa shape index (κ1) is 12.2. The third-order valence-electron chi connectivity index (χ3n) is 2.12. The van der Waals surface area contributed by atoms with Crippen LogP contribution in [0.3, 0.4) is 0 Å². The van der Waals surface area contributed by atoms with Gasteiger partial charge in [-0.05, 0) is 19.1 Å². The number of thiophene rings is 1. The summed E-state index contributed by atoms with van der Waals surface area (Å²) in [5.41, 5.74) is 0.894. The number of rotatable bonds is 3. The predicted octanol–water partition coefficient (Wildman–Crippen LogP) is 2.63. The molecule has 4 nitrogen and oxygen atoms in total. The van der Waals surface area contributed by atoms with Gasteiger partial charge in [-0.15, -0.1) is 11.3 Å². The molecule has 2 heterocycles. The number of hydrogen-bond donors (Lipinski definition) is 2. The summed E-state index contributed by atoms with van der Waals surface area (Å²) in [5.74, 6) is -0.118. The summed E-state index contributed by atoms with van der Waals surface area (Å²) in [7, 11) is 0. The van der Waals surface area contributed by atoms with E-state index >= 15 is 0 Å². The second-order valence-corrected chi connectivity index (χ2v) is 5.71. The van der Waals surface area contributed by atoms with Crippen LogP contribution >= 0.6 is 22.7 Å². The van der Waals surface area contributed by atoms with E-state index in [9.17, 15) is 4.79 Å². The zero-order valence-corrected chi connectivity index (χ0v) is 11.1. The Morgan fingerprint density at radius 3 is 2.82 bits per heavy atom. The fraction of sp³-hybridized carbons (Fsp3) is 0.273. The lowest BCUT2D eigenvalue weighted by atomic mass is 10.3. The zero-order chi connectivity index (χ0) is 12.4. The highest BCUT2D eigenvalue weighted by Gasteiger charge is 2.12. The van der Waals surface area contributed by atoms with E-state index in [1.165, 1.54) is 18.3 Å². The SMILES string of the molecule is CC(=O)Nc1nc(C)c(-c2ccc(CO)s2)s1. The molecule has 0 saturated heterocycles. The van der Waals surface area contributed by atoms with E-state index in [2.05, 4.69) is 10.3 Å². The summed E-state index contributed by atoms with van der Waals surface area (Å²) in [5, 5.41) is 12.3. The molecule has 2 rings (SSSR count). The summed E-state index contributed by atoms with van der Waals surface area (Å²) in [6.45, 7) is 3.43. The minimum Gasteiger partial charge on any atom is -0.391 e. The van der Waals surface area contributed by atoms with Gasteiger partial charge in [0.1, 0.15) is 0 Å². The number of thiazole rings is 1. The lowest BCUT2D eigenvalue weighted by molar-refractivity contribution is -0.114. The van der Waals surface area contributed by atoms with E-state index in [0.717, 1.165) is 20.3 Å². The average Bonchev–Trinajstić information content (AvgIpc) is 2.83. The molecule has 0 spiro atoms. The van der Waals surface area contributed by atoms with Gasteiger partial charge in [-0.2, -0.15) is 0 Å². The molecule has 2 aromatic heterocycles. The molecule has 2 N–H and O–H groups in total. The van der Waals surface area contributed by atoms with E-state index < -0.39 is 0 Å². The maximum atomic E-state index is 10.9. The van der Waals surface area contributed by atoms with Crippen LogP contribution in [0.2, 0.25) is 0 Å². The first-order valence-corrected chi connectivity index (χ1v) is 6.68. The van der Waals surface area contributed by atoms with Crippen molar-refractivity contribution >= 4 is 33.7 Å². The Kier molecular flexibility index (Phi) is 3.56. The van der Waals surface area contributed by atoms with Crippen LogP contribution in [0.25, 0.3) is 9.75 Å². The molecular weight excluding hydrogens is 256 g/mol. The van der Waals surface area contributed by atoms with Crippen molar-refractivity contribution in [2.24, 2.45) is 0 Å². The number of hydrogen-bond acceptors (Lipinski definition) is 5. The van der Waals surface area contributed by atoms with Gasteiger partial charge >= 0.3 is 0 Å². The van der Waals surface area contributed by atoms with Crippen LogP contribution in [-0.2, 0) is 11.4 Å². The molecule has 0 fully saturated rings. The highest BCUT2D eigenvalue weighted by Crippen LogP contribution is 2.36. The molecule has 0 aromatic carbocycles. The third-order valence-corrected chi connectivity index (χ3v) is 4.44. The van der Waals surface area contributed by atoms with Crippen molar-refractivity contribution in [1.82, 2.24) is 4.98 Å². The predicted molar refractivity (Wildman–Crippen MR) is 70.4 cm³/mol. The Bertz CT molecular complexity index is 545. The third kappa shape index (κ3) is 2.71. The fourth-order valence-electron chi connectivity index (χ4n) is 1.41. The Morgan fingerprint density at radius 1 is 1.47 bits per heavy atom. The van der Waals surface area contributed by atoms with Gasteiger partial charge in [-0.25, -0.2) is 4.98 Å². The molecule has 2 aromatic rings. The minimum absolute atomic E-state index is 0.0566. The van der Waals surface area contributed by atoms with Crippen molar-refractivity contribution in [1.29, 1.82) is 0 Å². The van der Waals surface area contributed by atoms with E-state index in [0.29, 0.717) is 5.13 Å². The highest BCUT2D eigenvalue weighted by molar-refractivity contribution is 7.24. The van der Waals surface area contributed by atoms with Gasteiger partial charge in [0.25, 0.3) is 0 Å². The summed E-state index contributed by atoms with van der Waals surface area (Å²) in [6.07, 6.45) is 0. The number of aliphatic hydroxyl groups is 1. The molecular formula is C11H12N2O2S2. The summed E-state index contributed by atoms with van der Waals surface area (Å²) in [4.78, 5) is 18.3. The summed E-state index contributed by atoms with van der Waals surface area (Å²) < 4.78 is 0. The Labute approximate surface area is 107 Å². The smallest absolute Gasteiger partial charge is 0.223 e. The number of amides is 1. The molecule has 17 heavy (non-hydrogen) atoms. The normalized spacial score (nSPS) is 10.5. The quantitative estimate of drug-likeness (QED) is 0.899. The van der Waals surface area contributed by atoms with Crippen LogP contribution in [0.1, 0.15) is 17.5 Å². The van der Waals surface area contributed by atoms with Crippen molar-refractivity contribution in [2.45, 2.75) is 20.5 Å². The molecule has 0 atom stereocenters. The largest absolute Gasteiger partial charge is 0.391 e. The lowest BCUT2D eigenvalue weighted by Gasteiger charge is -1.92. The van der Waals surface area contributed by atoms with Crippen molar-refractivity contribution in [3.63, 3.8) is 0 Å². The number of carbonyl (C=O) groups is 1. The topological polar surface area (TPSA) is 62.2 Å². The summed E-state index contributed by atoms with van der Waals surface area (Å²) in [6, 6.07) is 3.87. The number of anilines is 1. The highest BCUT2D eigenvalue weighted by atomic mass is 32.1. The standard InChI is InChI=1S/C11H12N2O2S2/c1-6-10(9-4-3-8(5-14)16-9)17-11(12-6)13-7(2)15/h3-4,14H,5H2,1-2H3,(H,12,13,15). The number of aryl methyl sites for hydroxylation is 1. The summed E-state index contributed by atoms with van der Waals surface area (Å²) >= 11 is 2.99. The maximum absolute atomic E-state index is 10.9. The Morgan fingerprint density at radius 2 is 2.24 bits per heavy atom. The first-order chi connectivity index (χ1) is 8.10. The molecule has 0 bridgehead atoms. The van der Waals surface area contributed by atoms with Crippen molar-refractivity contribution < 1.29 is 9.90 Å². The molecule has 0 radical (unpaired) electrons. The number of aromatic nitrogens is 1. The first-order valence-electron chi connectivity index (χ1n) is 5.05. The Hall–Kier alpha value is -1.24. The Balaban J connectivity index is 2.32. The van der Waals surface area contributed by atoms with Gasteiger partial charge in [0.05, 0.1) is 17.2 Å². The van der Waals surface area contributed by atoms with E-state index in [-0.39, 0.29) is 12.5 Å². The number of aliphatic hydroxyl groups excluding tert-OH is 1. The van der Waals surface area contributed by atoms with Gasteiger partial charge in [-0.1, -0.05) is 11.3 Å². The van der Waals surface area contributed by atoms with Crippen LogP contribution in [-0.4, -0.2) is 16.0 Å². The van der Waals surface area contributed by atoms with Crippen LogP contribution < -0.4 is 5.32 Å². The van der Waals surface area contributed by atoms with E-state index in [1.807, 2.05) is 19.1 Å². The minimum atomic E-state index is -0.118. The number of nitrogens with one attached hydrogen (secondary N) is 1. The molecule has 6 heteroatoms. The van der Waals surface area contributed by atoms with E-state index in [4.69, 9.17) is 5.11 Å². The molecule has 0 aliphatic heterocycles. The van der Waals surface area contributed by atoms with Gasteiger partial charge in [0, 0.05) is 16.7 Å². The van der Waals surface area contributed by atoms with Gasteiger partial charge < -0.3 is 10.4 Å². The van der Waals surface area contributed by atoms with Crippen LogP contribution in [0.5, 0.6) is 0 Å². The van der Waals surface area contributed by atoms with Crippen LogP contribution in [0.4, 0.5) is 5.13 Å². The monoisotopic (exact) mass is 268 g/mol. The zero-order valence-electron chi connectivity index (χ0n) is 9.48. The van der Waals surface area contributed by atoms with E-state index in [1.54, 1.807) is 11.3 Å². The van der Waals surface area contributed by atoms with Crippen molar-refractivity contribution in [2.75, 3.05) is 5.32 Å². The molecule has 1 amide bonds. The number of nitrogens with zero attached hydrogens (tertiary/aromatic N) is 1. The van der Waals surface area contributed by atoms with Crippen molar-refractivity contribution in [3.8, 4) is 9.75 Å². The average molecular weight is 268 g/mol. The van der Waals surface area contributed by atoms with Crippen molar-refractivity contribution in [3.05, 3.63) is 22.7 Å². The maximum Gasteiger partial charge on any atom is 0.223 e. The second-order valence-electron chi connectivity index (χ2n) is 3.54. The van der Waals surface area contributed by atoms with Gasteiger partial charge in [0.2, 0.25) is 5.91 Å². The second kappa shape index (κ2) is 4.95. The fourth-order valence-corrected chi connectivity index (χ4v) is 3.46. The molecule has 0 aliphatic rings. The molecule has 0 unspecified atom stereocenters. The van der Waals surface area contributed by atoms with Gasteiger partial charge in [0.15, 0.2) is 5.13 Å². The molecule has 0 saturated carbocycles.